The summed E-state index contributed by atoms with van der Waals surface area (Å²) in [6.45, 7) is 18.2. The Morgan fingerprint density at radius 2 is 0.613 bits per heavy atom. The highest BCUT2D eigenvalue weighted by Gasteiger charge is 2.13. The summed E-state index contributed by atoms with van der Waals surface area (Å²) in [6, 6.07) is 86.0. The van der Waals surface area contributed by atoms with Crippen molar-refractivity contribution in [2.45, 2.75) is 101 Å². The zero-order valence-electron chi connectivity index (χ0n) is 63.9. The molecule has 0 bridgehead atoms. The Bertz CT molecular complexity index is 4340. The molecule has 0 amide bonds. The summed E-state index contributed by atoms with van der Waals surface area (Å²) in [7, 11) is -8.11. The molecule has 0 atom stereocenters. The SMILES string of the molecule is CB(O)NCc1ccccc1-c1ccc(C)cc1.CB(O)NCc1ccccc1-c1ccc(COS(C)(=O)=O)cc1.CB(O)NCc1ccccc1Br.CB(O)NCc1ccccc1Br.Cc1ccc(B(O)O)cc1.Cc1ccc(B(O)O)cc1.Cc1ccc(Br)cc1.NCc1ccccc1Br.OCc1ccc(Br)cc1. The van der Waals surface area contributed by atoms with Gasteiger partial charge >= 0.3 is 42.4 Å². The number of hydrogen-bond acceptors (Lipinski definition) is 17. The van der Waals surface area contributed by atoms with Gasteiger partial charge in [0.15, 0.2) is 0 Å². The molecule has 0 radical (unpaired) electrons. The summed E-state index contributed by atoms with van der Waals surface area (Å²) in [5.41, 5.74) is 23.3. The molecule has 111 heavy (non-hydrogen) atoms. The van der Waals surface area contributed by atoms with E-state index in [4.69, 9.17) is 45.2 Å². The summed E-state index contributed by atoms with van der Waals surface area (Å²) >= 11 is 16.9. The van der Waals surface area contributed by atoms with E-state index in [1.807, 2.05) is 208 Å². The van der Waals surface area contributed by atoms with Gasteiger partial charge in [-0.05, 0) is 170 Å². The number of aliphatic hydroxyl groups is 1. The third-order valence-electron chi connectivity index (χ3n) is 15.4. The maximum Gasteiger partial charge on any atom is 0.488 e. The van der Waals surface area contributed by atoms with Gasteiger partial charge in [0.2, 0.25) is 0 Å². The third kappa shape index (κ3) is 44.7. The van der Waals surface area contributed by atoms with Crippen molar-refractivity contribution in [2.75, 3.05) is 6.26 Å². The molecule has 0 aliphatic heterocycles. The van der Waals surface area contributed by atoms with E-state index < -0.39 is 52.6 Å². The standard InChI is InChI=1S/C16H20BNO4S.C15H18BNO.2C8H11BBrNO.2C7H9BO2.C7H8BrN.C7H7BrO.C7H7Br/c1-17(19)18-11-15-5-3-4-6-16(15)14-9-7-13(8-10-14)12-22-23(2,20)21;1-12-7-9-13(10-8-12)15-6-4-3-5-14(15)11-17-16(2)18;2*1-9(12)11-6-7-4-2-3-5-8(7)10;2*1-6-2-4-7(5-3-6)8(9)10;8-7-4-2-1-3-6(7)5-9;8-7-3-1-6(5-9)2-4-7;1-6-2-4-7(8)5-3-6/h3-10,18-19H,11-12H2,1-2H3;3-10,17-18H,11H2,1-2H3;2*2-5,11-12H,6H2,1H3;2*2-5,9-10H,1H3;1-4H,5,9H2;1-4,9H,5H2;2-5H,1H3. The molecule has 0 spiro atoms. The Labute approximate surface area is 701 Å². The van der Waals surface area contributed by atoms with Crippen molar-refractivity contribution in [3.05, 3.63) is 350 Å². The molecule has 0 aliphatic carbocycles. The van der Waals surface area contributed by atoms with E-state index in [2.05, 4.69) is 163 Å². The minimum Gasteiger partial charge on any atom is -0.437 e. The van der Waals surface area contributed by atoms with E-state index in [9.17, 15) is 18.5 Å². The van der Waals surface area contributed by atoms with Crippen molar-refractivity contribution in [1.82, 2.24) is 20.9 Å². The van der Waals surface area contributed by atoms with Crippen molar-refractivity contribution in [1.29, 1.82) is 0 Å². The van der Waals surface area contributed by atoms with E-state index in [1.165, 1.54) is 27.8 Å². The first-order valence-corrected chi connectivity index (χ1v) is 41.2. The molecule has 0 saturated carbocycles. The van der Waals surface area contributed by atoms with Crippen molar-refractivity contribution >= 4 is 143 Å². The zero-order chi connectivity index (χ0) is 82.3. The highest BCUT2D eigenvalue weighted by atomic mass is 79.9. The van der Waals surface area contributed by atoms with Gasteiger partial charge < -0.3 is 71.9 Å². The number of nitrogens with two attached hydrogens (primary N) is 1. The first kappa shape index (κ1) is 98.8. The lowest BCUT2D eigenvalue weighted by Gasteiger charge is -2.12. The summed E-state index contributed by atoms with van der Waals surface area (Å²) in [6.07, 6.45) is 1.03. The molecule has 0 unspecified atom stereocenters. The third-order valence-corrected chi connectivity index (χ3v) is 19.3. The summed E-state index contributed by atoms with van der Waals surface area (Å²) in [4.78, 5) is 0. The molecule has 11 aromatic rings. The molecular formula is C82H100B6Br5N5O12S. The van der Waals surface area contributed by atoms with Gasteiger partial charge in [-0.3, -0.25) is 4.18 Å². The van der Waals surface area contributed by atoms with Crippen molar-refractivity contribution in [3.63, 3.8) is 0 Å². The van der Waals surface area contributed by atoms with Crippen LogP contribution in [0.2, 0.25) is 27.3 Å². The van der Waals surface area contributed by atoms with Gasteiger partial charge in [-0.15, -0.1) is 0 Å². The van der Waals surface area contributed by atoms with E-state index in [0.29, 0.717) is 43.6 Å². The Morgan fingerprint density at radius 3 is 0.892 bits per heavy atom. The maximum absolute atomic E-state index is 11.0. The molecule has 584 valence electrons. The number of benzene rings is 11. The predicted molar refractivity (Wildman–Crippen MR) is 482 cm³/mol. The van der Waals surface area contributed by atoms with Crippen LogP contribution in [0.1, 0.15) is 61.2 Å². The average molecular weight is 1840 g/mol. The van der Waals surface area contributed by atoms with Gasteiger partial charge in [0, 0.05) is 55.1 Å². The molecule has 11 rings (SSSR count). The molecule has 0 saturated heterocycles. The molecule has 29 heteroatoms. The van der Waals surface area contributed by atoms with Crippen LogP contribution < -0.4 is 37.6 Å². The Morgan fingerprint density at radius 1 is 0.351 bits per heavy atom. The summed E-state index contributed by atoms with van der Waals surface area (Å²) < 4.78 is 32.2. The molecule has 17 nitrogen and oxygen atoms in total. The minimum atomic E-state index is -3.44. The number of nitrogens with one attached hydrogen (secondary N) is 4. The lowest BCUT2D eigenvalue weighted by molar-refractivity contribution is 0.282. The second-order valence-corrected chi connectivity index (χ2v) is 31.2. The van der Waals surface area contributed by atoms with Crippen molar-refractivity contribution in [3.8, 4) is 22.3 Å². The largest absolute Gasteiger partial charge is 0.488 e. The van der Waals surface area contributed by atoms with Gasteiger partial charge in [-0.25, -0.2) is 0 Å². The second kappa shape index (κ2) is 55.9. The number of halogens is 5. The van der Waals surface area contributed by atoms with Crippen LogP contribution in [0, 0.1) is 27.7 Å². The molecule has 0 aromatic heterocycles. The van der Waals surface area contributed by atoms with Crippen LogP contribution in [0.25, 0.3) is 22.3 Å². The van der Waals surface area contributed by atoms with Crippen LogP contribution in [0.5, 0.6) is 0 Å². The van der Waals surface area contributed by atoms with Gasteiger partial charge in [-0.1, -0.05) is 326 Å². The maximum atomic E-state index is 11.0. The van der Waals surface area contributed by atoms with Crippen LogP contribution in [-0.4, -0.2) is 102 Å². The van der Waals surface area contributed by atoms with Crippen LogP contribution in [-0.2, 0) is 60.2 Å². The predicted octanol–water partition coefficient (Wildman–Crippen LogP) is 14.1. The monoisotopic (exact) mass is 1840 g/mol. The van der Waals surface area contributed by atoms with Gasteiger partial charge in [-0.2, -0.15) is 8.42 Å². The van der Waals surface area contributed by atoms with Gasteiger partial charge in [0.25, 0.3) is 10.1 Å². The smallest absolute Gasteiger partial charge is 0.437 e. The lowest BCUT2D eigenvalue weighted by Crippen LogP contribution is -2.29. The van der Waals surface area contributed by atoms with E-state index in [1.54, 1.807) is 51.6 Å². The summed E-state index contributed by atoms with van der Waals surface area (Å²) in [5.74, 6) is 0. The van der Waals surface area contributed by atoms with Crippen molar-refractivity contribution < 1.29 is 57.9 Å². The fourth-order valence-electron chi connectivity index (χ4n) is 9.18. The highest BCUT2D eigenvalue weighted by molar-refractivity contribution is 9.11. The van der Waals surface area contributed by atoms with Crippen LogP contribution in [0.15, 0.2) is 289 Å². The van der Waals surface area contributed by atoms with Crippen molar-refractivity contribution in [2.24, 2.45) is 5.73 Å². The quantitative estimate of drug-likeness (QED) is 0.0235. The zero-order valence-corrected chi connectivity index (χ0v) is 72.7. The fourth-order valence-corrected chi connectivity index (χ4v) is 11.4. The number of aryl methyl sites for hydroxylation is 4. The molecule has 0 fully saturated rings. The van der Waals surface area contributed by atoms with Crippen LogP contribution in [0.3, 0.4) is 0 Å². The molecule has 11 aromatic carbocycles. The van der Waals surface area contributed by atoms with Crippen LogP contribution in [0.4, 0.5) is 0 Å². The molecular weight excluding hydrogens is 1740 g/mol. The molecule has 0 aliphatic rings. The normalized spacial score (nSPS) is 10.1. The lowest BCUT2D eigenvalue weighted by atomic mass is 9.80. The minimum absolute atomic E-state index is 0.0321. The number of aliphatic hydroxyl groups excluding tert-OH is 1. The first-order valence-electron chi connectivity index (χ1n) is 35.4. The Kier molecular flexibility index (Phi) is 49.8. The van der Waals surface area contributed by atoms with Gasteiger partial charge in [0.05, 0.1) is 19.5 Å². The van der Waals surface area contributed by atoms with Crippen LogP contribution >= 0.6 is 79.6 Å². The van der Waals surface area contributed by atoms with E-state index in [0.717, 1.165) is 84.3 Å². The highest BCUT2D eigenvalue weighted by Crippen LogP contribution is 2.26. The van der Waals surface area contributed by atoms with E-state index >= 15 is 0 Å². The molecule has 0 heterocycles. The number of hydrogen-bond donors (Lipinski definition) is 14. The Hall–Kier alpha value is -6.44. The topological polar surface area (TPSA) is 300 Å². The Balaban J connectivity index is 0.000000331. The molecule has 15 N–H and O–H groups in total. The fraction of sp³-hybridized carbons (Fsp3) is 0.195. The second-order valence-electron chi connectivity index (χ2n) is 25.2. The van der Waals surface area contributed by atoms with E-state index in [-0.39, 0.29) is 13.2 Å². The number of rotatable bonds is 21. The average Bonchev–Trinajstić information content (AvgIpc) is 0.841. The van der Waals surface area contributed by atoms with Gasteiger partial charge in [0.1, 0.15) is 0 Å². The first-order chi connectivity index (χ1) is 52.8. The summed E-state index contributed by atoms with van der Waals surface area (Å²) in [5, 5.41) is 91.8.